The largest absolute Gasteiger partial charge is 0.490 e. The van der Waals surface area contributed by atoms with Crippen molar-refractivity contribution in [1.82, 2.24) is 0 Å². The molecule has 134 valence electrons. The average Bonchev–Trinajstić information content (AvgIpc) is 2.67. The molecule has 1 N–H and O–H groups in total. The molecule has 0 bridgehead atoms. The molecule has 2 aromatic rings. The van der Waals surface area contributed by atoms with Crippen LogP contribution in [0.1, 0.15) is 38.2 Å². The third kappa shape index (κ3) is 5.22. The van der Waals surface area contributed by atoms with Gasteiger partial charge in [-0.05, 0) is 49.4 Å². The Morgan fingerprint density at radius 1 is 1.23 bits per heavy atom. The molecule has 0 aliphatic rings. The Morgan fingerprint density at radius 2 is 1.92 bits per heavy atom. The monoisotopic (exact) mass is 349 g/mol. The number of aliphatic carboxylic acids is 1. The van der Waals surface area contributed by atoms with E-state index in [1.54, 1.807) is 12.1 Å². The Bertz CT molecular complexity index is 803. The van der Waals surface area contributed by atoms with Crippen molar-refractivity contribution in [3.8, 4) is 22.9 Å². The fraction of sp³-hybridized carbons (Fsp3) is 0.273. The van der Waals surface area contributed by atoms with Crippen LogP contribution in [-0.4, -0.2) is 17.2 Å². The molecule has 0 aliphatic heterocycles. The number of carboxylic acids is 1. The predicted octanol–water partition coefficient (Wildman–Crippen LogP) is 5.19. The van der Waals surface area contributed by atoms with Crippen molar-refractivity contribution in [2.24, 2.45) is 0 Å². The maximum absolute atomic E-state index is 10.8. The molecular formula is C22H23NO3. The first-order valence-electron chi connectivity index (χ1n) is 8.72. The summed E-state index contributed by atoms with van der Waals surface area (Å²) in [5, 5.41) is 17.8. The highest BCUT2D eigenvalue weighted by Gasteiger charge is 2.13. The molecule has 0 aliphatic carbocycles. The van der Waals surface area contributed by atoms with Crippen LogP contribution >= 0.6 is 0 Å². The quantitative estimate of drug-likeness (QED) is 0.632. The molecule has 0 spiro atoms. The Kier molecular flexibility index (Phi) is 6.99. The molecule has 0 amide bonds. The Morgan fingerprint density at radius 3 is 2.54 bits per heavy atom. The second-order valence-electron chi connectivity index (χ2n) is 6.13. The zero-order chi connectivity index (χ0) is 18.9. The van der Waals surface area contributed by atoms with Gasteiger partial charge in [-0.1, -0.05) is 43.8 Å². The number of hydrogen-bond donors (Lipinski definition) is 1. The lowest BCUT2D eigenvalue weighted by molar-refractivity contribution is -0.132. The lowest BCUT2D eigenvalue weighted by atomic mass is 10.0. The lowest BCUT2D eigenvalue weighted by Gasteiger charge is -2.20. The molecule has 4 nitrogen and oxygen atoms in total. The number of carboxylic acid groups (broad SMARTS) is 1. The van der Waals surface area contributed by atoms with Gasteiger partial charge in [0.05, 0.1) is 17.7 Å². The van der Waals surface area contributed by atoms with Crippen LogP contribution in [0.3, 0.4) is 0 Å². The molecule has 0 fully saturated rings. The maximum atomic E-state index is 10.8. The van der Waals surface area contributed by atoms with E-state index in [4.69, 9.17) is 15.1 Å². The van der Waals surface area contributed by atoms with E-state index in [2.05, 4.69) is 19.6 Å². The van der Waals surface area contributed by atoms with Gasteiger partial charge in [0.25, 0.3) is 0 Å². The SMILES string of the molecule is C=C(CCCC(CC)Oc1ccccc1-c1ccc(C#N)cc1)C(=O)O. The molecule has 4 heteroatoms. The minimum atomic E-state index is -0.940. The predicted molar refractivity (Wildman–Crippen MR) is 102 cm³/mol. The number of para-hydroxylation sites is 1. The van der Waals surface area contributed by atoms with Crippen LogP contribution in [0.25, 0.3) is 11.1 Å². The molecular weight excluding hydrogens is 326 g/mol. The number of hydrogen-bond acceptors (Lipinski definition) is 3. The maximum Gasteiger partial charge on any atom is 0.330 e. The summed E-state index contributed by atoms with van der Waals surface area (Å²) in [6.45, 7) is 5.62. The van der Waals surface area contributed by atoms with Crippen molar-refractivity contribution in [2.45, 2.75) is 38.7 Å². The molecule has 0 saturated heterocycles. The van der Waals surface area contributed by atoms with Gasteiger partial charge in [-0.25, -0.2) is 4.79 Å². The summed E-state index contributed by atoms with van der Waals surface area (Å²) in [5.74, 6) is -0.147. The molecule has 1 atom stereocenters. The van der Waals surface area contributed by atoms with Crippen molar-refractivity contribution >= 4 is 5.97 Å². The number of carbonyl (C=O) groups is 1. The summed E-state index contributed by atoms with van der Waals surface area (Å²) in [5.41, 5.74) is 2.83. The normalized spacial score (nSPS) is 11.4. The molecule has 0 heterocycles. The first kappa shape index (κ1) is 19.3. The van der Waals surface area contributed by atoms with Gasteiger partial charge in [-0.2, -0.15) is 5.26 Å². The van der Waals surface area contributed by atoms with E-state index >= 15 is 0 Å². The molecule has 2 aromatic carbocycles. The molecule has 2 rings (SSSR count). The van der Waals surface area contributed by atoms with Gasteiger partial charge < -0.3 is 9.84 Å². The van der Waals surface area contributed by atoms with Crippen LogP contribution < -0.4 is 4.74 Å². The molecule has 1 unspecified atom stereocenters. The van der Waals surface area contributed by atoms with Gasteiger partial charge in [-0.15, -0.1) is 0 Å². The molecule has 26 heavy (non-hydrogen) atoms. The van der Waals surface area contributed by atoms with E-state index in [1.165, 1.54) is 0 Å². The number of nitriles is 1. The van der Waals surface area contributed by atoms with Crippen LogP contribution in [-0.2, 0) is 4.79 Å². The van der Waals surface area contributed by atoms with E-state index in [-0.39, 0.29) is 11.7 Å². The van der Waals surface area contributed by atoms with E-state index in [9.17, 15) is 4.79 Å². The summed E-state index contributed by atoms with van der Waals surface area (Å²) < 4.78 is 6.21. The van der Waals surface area contributed by atoms with Crippen molar-refractivity contribution < 1.29 is 14.6 Å². The van der Waals surface area contributed by atoms with Crippen LogP contribution in [0.15, 0.2) is 60.7 Å². The van der Waals surface area contributed by atoms with Gasteiger partial charge in [0.1, 0.15) is 5.75 Å². The van der Waals surface area contributed by atoms with Gasteiger partial charge in [0.2, 0.25) is 0 Å². The van der Waals surface area contributed by atoms with Crippen molar-refractivity contribution in [3.05, 3.63) is 66.2 Å². The third-order valence-electron chi connectivity index (χ3n) is 4.27. The van der Waals surface area contributed by atoms with E-state index in [0.29, 0.717) is 12.0 Å². The number of rotatable bonds is 9. The Hall–Kier alpha value is -3.06. The van der Waals surface area contributed by atoms with Crippen LogP contribution in [0.5, 0.6) is 5.75 Å². The summed E-state index contributed by atoms with van der Waals surface area (Å²) in [6, 6.07) is 17.4. The Balaban J connectivity index is 2.09. The molecule has 0 aromatic heterocycles. The minimum Gasteiger partial charge on any atom is -0.490 e. The summed E-state index contributed by atoms with van der Waals surface area (Å²) in [7, 11) is 0. The number of ether oxygens (including phenoxy) is 1. The van der Waals surface area contributed by atoms with E-state index in [0.717, 1.165) is 36.1 Å². The number of nitrogens with zero attached hydrogens (tertiary/aromatic N) is 1. The fourth-order valence-corrected chi connectivity index (χ4v) is 2.71. The zero-order valence-corrected chi connectivity index (χ0v) is 14.9. The highest BCUT2D eigenvalue weighted by Crippen LogP contribution is 2.31. The highest BCUT2D eigenvalue weighted by atomic mass is 16.5. The second kappa shape index (κ2) is 9.43. The topological polar surface area (TPSA) is 70.3 Å². The molecule has 0 saturated carbocycles. The van der Waals surface area contributed by atoms with Crippen LogP contribution in [0, 0.1) is 11.3 Å². The van der Waals surface area contributed by atoms with Gasteiger partial charge in [0, 0.05) is 11.1 Å². The first-order chi connectivity index (χ1) is 12.5. The first-order valence-corrected chi connectivity index (χ1v) is 8.72. The standard InChI is InChI=1S/C22H23NO3/c1-3-19(8-6-7-16(2)22(24)25)26-21-10-5-4-9-20(21)18-13-11-17(15-23)12-14-18/h4-5,9-14,19H,2-3,6-8H2,1H3,(H,24,25). The van der Waals surface area contributed by atoms with Crippen LogP contribution in [0.4, 0.5) is 0 Å². The third-order valence-corrected chi connectivity index (χ3v) is 4.27. The Labute approximate surface area is 154 Å². The van der Waals surface area contributed by atoms with Gasteiger partial charge >= 0.3 is 5.97 Å². The van der Waals surface area contributed by atoms with Crippen LogP contribution in [0.2, 0.25) is 0 Å². The number of benzene rings is 2. The summed E-state index contributed by atoms with van der Waals surface area (Å²) in [6.07, 6.45) is 2.80. The van der Waals surface area contributed by atoms with Gasteiger partial charge in [0.15, 0.2) is 0 Å². The highest BCUT2D eigenvalue weighted by molar-refractivity contribution is 5.85. The fourth-order valence-electron chi connectivity index (χ4n) is 2.71. The summed E-state index contributed by atoms with van der Waals surface area (Å²) >= 11 is 0. The minimum absolute atomic E-state index is 0.0103. The lowest BCUT2D eigenvalue weighted by Crippen LogP contribution is -2.16. The summed E-state index contributed by atoms with van der Waals surface area (Å²) in [4.78, 5) is 10.8. The second-order valence-corrected chi connectivity index (χ2v) is 6.13. The van der Waals surface area contributed by atoms with E-state index < -0.39 is 5.97 Å². The zero-order valence-electron chi connectivity index (χ0n) is 14.9. The van der Waals surface area contributed by atoms with Crippen molar-refractivity contribution in [3.63, 3.8) is 0 Å². The van der Waals surface area contributed by atoms with Gasteiger partial charge in [-0.3, -0.25) is 0 Å². The van der Waals surface area contributed by atoms with Crippen molar-refractivity contribution in [1.29, 1.82) is 5.26 Å². The van der Waals surface area contributed by atoms with E-state index in [1.807, 2.05) is 36.4 Å². The molecule has 0 radical (unpaired) electrons. The average molecular weight is 349 g/mol. The smallest absolute Gasteiger partial charge is 0.330 e. The van der Waals surface area contributed by atoms with Crippen molar-refractivity contribution in [2.75, 3.05) is 0 Å².